The highest BCUT2D eigenvalue weighted by molar-refractivity contribution is 7.99. The van der Waals surface area contributed by atoms with Crippen molar-refractivity contribution in [2.24, 2.45) is 0 Å². The van der Waals surface area contributed by atoms with Crippen molar-refractivity contribution >= 4 is 17.6 Å². The first-order valence-corrected chi connectivity index (χ1v) is 8.94. The largest absolute Gasteiger partial charge is 0.365 e. The third kappa shape index (κ3) is 3.68. The van der Waals surface area contributed by atoms with Crippen LogP contribution in [0, 0.1) is 11.3 Å². The second kappa shape index (κ2) is 7.65. The van der Waals surface area contributed by atoms with Crippen molar-refractivity contribution in [2.45, 2.75) is 64.2 Å². The smallest absolute Gasteiger partial charge is 0.167 e. The molecule has 0 aromatic carbocycles. The van der Waals surface area contributed by atoms with Gasteiger partial charge in [0.2, 0.25) is 0 Å². The van der Waals surface area contributed by atoms with Gasteiger partial charge in [-0.15, -0.1) is 5.10 Å². The Morgan fingerprint density at radius 3 is 2.67 bits per heavy atom. The van der Waals surface area contributed by atoms with Crippen LogP contribution in [0.15, 0.2) is 0 Å². The maximum absolute atomic E-state index is 9.50. The molecule has 1 aromatic rings. The number of aryl methyl sites for hydroxylation is 1. The molecule has 4 nitrogen and oxygen atoms in total. The molecular weight excluding hydrogens is 280 g/mol. The van der Waals surface area contributed by atoms with Crippen LogP contribution in [-0.4, -0.2) is 27.2 Å². The fourth-order valence-corrected chi connectivity index (χ4v) is 4.19. The Hall–Kier alpha value is -1.28. The number of nitrogens with zero attached hydrogens (tertiary/aromatic N) is 3. The zero-order valence-electron chi connectivity index (χ0n) is 13.1. The zero-order chi connectivity index (χ0) is 15.2. The predicted octanol–water partition coefficient (Wildman–Crippen LogP) is 3.56. The van der Waals surface area contributed by atoms with Crippen LogP contribution in [0.3, 0.4) is 0 Å². The van der Waals surface area contributed by atoms with Crippen LogP contribution in [0.5, 0.6) is 0 Å². The Kier molecular flexibility index (Phi) is 5.86. The number of nitriles is 1. The molecule has 0 spiro atoms. The number of aromatic nitrogens is 2. The van der Waals surface area contributed by atoms with E-state index in [1.54, 1.807) is 0 Å². The Balaban J connectivity index is 2.16. The van der Waals surface area contributed by atoms with E-state index in [0.717, 1.165) is 42.2 Å². The number of nitrogens with one attached hydrogen (secondary N) is 1. The summed E-state index contributed by atoms with van der Waals surface area (Å²) in [5, 5.41) is 22.3. The molecule has 1 aliphatic rings. The van der Waals surface area contributed by atoms with Crippen LogP contribution < -0.4 is 5.32 Å². The van der Waals surface area contributed by atoms with E-state index in [0.29, 0.717) is 17.4 Å². The topological polar surface area (TPSA) is 61.6 Å². The minimum atomic E-state index is 0.424. The first kappa shape index (κ1) is 16.1. The molecule has 5 heteroatoms. The Morgan fingerprint density at radius 2 is 2.05 bits per heavy atom. The lowest BCUT2D eigenvalue weighted by atomic mass is 10.0. The zero-order valence-corrected chi connectivity index (χ0v) is 14.0. The minimum Gasteiger partial charge on any atom is -0.365 e. The van der Waals surface area contributed by atoms with E-state index in [1.807, 2.05) is 11.8 Å². The summed E-state index contributed by atoms with van der Waals surface area (Å²) in [4.78, 5) is 0. The standard InChI is InChI=1S/C16H24N4S/c1-4-13-14(10-17)16(20-19-15(13)5-2)18-11-7-8-12(9-11)21-6-3/h11-12H,4-9H2,1-3H3,(H,18,20). The van der Waals surface area contributed by atoms with Gasteiger partial charge in [-0.3, -0.25) is 0 Å². The highest BCUT2D eigenvalue weighted by Gasteiger charge is 2.26. The van der Waals surface area contributed by atoms with Crippen molar-refractivity contribution < 1.29 is 0 Å². The van der Waals surface area contributed by atoms with Crippen molar-refractivity contribution in [3.05, 3.63) is 16.8 Å². The molecule has 114 valence electrons. The summed E-state index contributed by atoms with van der Waals surface area (Å²) in [5.74, 6) is 1.85. The summed E-state index contributed by atoms with van der Waals surface area (Å²) in [6.45, 7) is 6.34. The van der Waals surface area contributed by atoms with Crippen LogP contribution in [0.1, 0.15) is 56.9 Å². The second-order valence-electron chi connectivity index (χ2n) is 5.40. The van der Waals surface area contributed by atoms with Crippen molar-refractivity contribution in [1.29, 1.82) is 5.26 Å². The highest BCUT2D eigenvalue weighted by Crippen LogP contribution is 2.32. The number of rotatable bonds is 6. The molecule has 0 aliphatic heterocycles. The lowest BCUT2D eigenvalue weighted by molar-refractivity contribution is 0.742. The van der Waals surface area contributed by atoms with E-state index in [2.05, 4.69) is 42.4 Å². The SMILES string of the molecule is CCSC1CCC(Nc2nnc(CC)c(CC)c2C#N)C1. The first-order valence-electron chi connectivity index (χ1n) is 7.90. The monoisotopic (exact) mass is 304 g/mol. The van der Waals surface area contributed by atoms with Gasteiger partial charge in [0.15, 0.2) is 5.82 Å². The maximum atomic E-state index is 9.50. The molecule has 1 heterocycles. The Labute approximate surface area is 131 Å². The molecule has 1 aromatic heterocycles. The molecule has 2 atom stereocenters. The predicted molar refractivity (Wildman–Crippen MR) is 88.7 cm³/mol. The van der Waals surface area contributed by atoms with Crippen LogP contribution >= 0.6 is 11.8 Å². The van der Waals surface area contributed by atoms with Crippen molar-refractivity contribution in [1.82, 2.24) is 10.2 Å². The molecule has 0 saturated heterocycles. The molecule has 0 radical (unpaired) electrons. The van der Waals surface area contributed by atoms with E-state index in [4.69, 9.17) is 0 Å². The summed E-state index contributed by atoms with van der Waals surface area (Å²) >= 11 is 2.04. The van der Waals surface area contributed by atoms with Crippen molar-refractivity contribution in [3.8, 4) is 6.07 Å². The summed E-state index contributed by atoms with van der Waals surface area (Å²) < 4.78 is 0. The summed E-state index contributed by atoms with van der Waals surface area (Å²) in [5.41, 5.74) is 2.69. The molecule has 1 saturated carbocycles. The van der Waals surface area contributed by atoms with Gasteiger partial charge in [-0.25, -0.2) is 0 Å². The average Bonchev–Trinajstić information content (AvgIpc) is 2.94. The van der Waals surface area contributed by atoms with Crippen LogP contribution in [0.4, 0.5) is 5.82 Å². The van der Waals surface area contributed by atoms with Gasteiger partial charge in [0.05, 0.1) is 5.69 Å². The van der Waals surface area contributed by atoms with Crippen molar-refractivity contribution in [3.63, 3.8) is 0 Å². The summed E-state index contributed by atoms with van der Waals surface area (Å²) in [7, 11) is 0. The molecule has 2 rings (SSSR count). The number of hydrogen-bond donors (Lipinski definition) is 1. The summed E-state index contributed by atoms with van der Waals surface area (Å²) in [6.07, 6.45) is 5.21. The molecule has 1 N–H and O–H groups in total. The van der Waals surface area contributed by atoms with E-state index in [1.165, 1.54) is 12.2 Å². The van der Waals surface area contributed by atoms with Crippen LogP contribution in [-0.2, 0) is 12.8 Å². The minimum absolute atomic E-state index is 0.424. The molecular formula is C16H24N4S. The van der Waals surface area contributed by atoms with Crippen LogP contribution in [0.25, 0.3) is 0 Å². The third-order valence-electron chi connectivity index (χ3n) is 4.09. The van der Waals surface area contributed by atoms with Gasteiger partial charge in [0.25, 0.3) is 0 Å². The second-order valence-corrected chi connectivity index (χ2v) is 6.98. The lowest BCUT2D eigenvalue weighted by Gasteiger charge is -2.16. The van der Waals surface area contributed by atoms with Gasteiger partial charge < -0.3 is 5.32 Å². The molecule has 1 fully saturated rings. The highest BCUT2D eigenvalue weighted by atomic mass is 32.2. The van der Waals surface area contributed by atoms with Gasteiger partial charge in [-0.2, -0.15) is 22.1 Å². The maximum Gasteiger partial charge on any atom is 0.167 e. The fraction of sp³-hybridized carbons (Fsp3) is 0.688. The normalized spacial score (nSPS) is 21.2. The van der Waals surface area contributed by atoms with E-state index in [-0.39, 0.29) is 0 Å². The summed E-state index contributed by atoms with van der Waals surface area (Å²) in [6, 6.07) is 2.75. The molecule has 0 bridgehead atoms. The van der Waals surface area contributed by atoms with Crippen molar-refractivity contribution in [2.75, 3.05) is 11.1 Å². The lowest BCUT2D eigenvalue weighted by Crippen LogP contribution is -2.19. The number of anilines is 1. The van der Waals surface area contributed by atoms with Gasteiger partial charge in [0.1, 0.15) is 11.6 Å². The third-order valence-corrected chi connectivity index (χ3v) is 5.32. The van der Waals surface area contributed by atoms with E-state index >= 15 is 0 Å². The average molecular weight is 304 g/mol. The van der Waals surface area contributed by atoms with Gasteiger partial charge >= 0.3 is 0 Å². The van der Waals surface area contributed by atoms with Gasteiger partial charge in [-0.1, -0.05) is 20.8 Å². The van der Waals surface area contributed by atoms with E-state index in [9.17, 15) is 5.26 Å². The van der Waals surface area contributed by atoms with E-state index < -0.39 is 0 Å². The Morgan fingerprint density at radius 1 is 1.24 bits per heavy atom. The van der Waals surface area contributed by atoms with Gasteiger partial charge in [-0.05, 0) is 43.4 Å². The molecule has 2 unspecified atom stereocenters. The molecule has 0 amide bonds. The quantitative estimate of drug-likeness (QED) is 0.870. The number of hydrogen-bond acceptors (Lipinski definition) is 5. The first-order chi connectivity index (χ1) is 10.2. The molecule has 21 heavy (non-hydrogen) atoms. The fourth-order valence-electron chi connectivity index (χ4n) is 3.05. The Bertz CT molecular complexity index is 524. The number of thioether (sulfide) groups is 1. The van der Waals surface area contributed by atoms with Crippen LogP contribution in [0.2, 0.25) is 0 Å². The van der Waals surface area contributed by atoms with Gasteiger partial charge in [0, 0.05) is 11.3 Å². The molecule has 1 aliphatic carbocycles.